The fourth-order valence-electron chi connectivity index (χ4n) is 3.92. The lowest BCUT2D eigenvalue weighted by Crippen LogP contribution is -2.50. The number of carbonyl (C=O) groups excluding carboxylic acids is 2. The average Bonchev–Trinajstić information content (AvgIpc) is 3.18. The Morgan fingerprint density at radius 2 is 1.75 bits per heavy atom. The zero-order chi connectivity index (χ0) is 27.3. The first kappa shape index (κ1) is 29.8. The second-order valence-electron chi connectivity index (χ2n) is 11.2. The number of aliphatic hydroxyl groups excluding tert-OH is 1. The smallest absolute Gasteiger partial charge is 0.330 e. The zero-order valence-corrected chi connectivity index (χ0v) is 24.1. The fourth-order valence-corrected chi connectivity index (χ4v) is 5.20. The standard InChI is InChI=1S/C29H43NO5S/c1-10-21(23-16-19(3)25(36-23)26(32)30-29(7,8)27(33)34-9)13-11-20-12-14-22(18(2)15-20)35-17-24(31)28(4,5)6/h12,14-16,21,24,31H,10-11,13,17H2,1-9H3,(H,30,32). The van der Waals surface area contributed by atoms with E-state index in [4.69, 9.17) is 9.47 Å². The van der Waals surface area contributed by atoms with Gasteiger partial charge in [-0.05, 0) is 87.1 Å². The topological polar surface area (TPSA) is 84.9 Å². The summed E-state index contributed by atoms with van der Waals surface area (Å²) in [5.74, 6) is 0.404. The van der Waals surface area contributed by atoms with Gasteiger partial charge < -0.3 is 19.9 Å². The summed E-state index contributed by atoms with van der Waals surface area (Å²) in [5, 5.41) is 13.0. The van der Waals surface area contributed by atoms with Crippen molar-refractivity contribution in [2.24, 2.45) is 5.41 Å². The number of thiophene rings is 1. The van der Waals surface area contributed by atoms with Crippen molar-refractivity contribution in [1.82, 2.24) is 5.32 Å². The second kappa shape index (κ2) is 12.2. The zero-order valence-electron chi connectivity index (χ0n) is 23.3. The maximum atomic E-state index is 12.9. The predicted molar refractivity (Wildman–Crippen MR) is 146 cm³/mol. The summed E-state index contributed by atoms with van der Waals surface area (Å²) in [6.07, 6.45) is 2.32. The summed E-state index contributed by atoms with van der Waals surface area (Å²) in [6.45, 7) is 15.7. The first-order valence-electron chi connectivity index (χ1n) is 12.6. The number of benzene rings is 1. The first-order chi connectivity index (χ1) is 16.7. The molecule has 0 aliphatic carbocycles. The van der Waals surface area contributed by atoms with E-state index in [9.17, 15) is 14.7 Å². The molecule has 1 aromatic heterocycles. The Hall–Kier alpha value is -2.38. The van der Waals surface area contributed by atoms with Gasteiger partial charge in [-0.25, -0.2) is 4.79 Å². The molecule has 2 aromatic rings. The average molecular weight is 518 g/mol. The van der Waals surface area contributed by atoms with Crippen LogP contribution in [-0.2, 0) is 16.0 Å². The summed E-state index contributed by atoms with van der Waals surface area (Å²) in [6, 6.07) is 8.33. The van der Waals surface area contributed by atoms with Crippen molar-refractivity contribution < 1.29 is 24.2 Å². The summed E-state index contributed by atoms with van der Waals surface area (Å²) >= 11 is 1.50. The van der Waals surface area contributed by atoms with Crippen LogP contribution in [0, 0.1) is 19.3 Å². The number of ether oxygens (including phenoxy) is 2. The molecule has 0 bridgehead atoms. The van der Waals surface area contributed by atoms with Crippen molar-refractivity contribution in [1.29, 1.82) is 0 Å². The van der Waals surface area contributed by atoms with E-state index in [2.05, 4.69) is 30.4 Å². The molecule has 2 N–H and O–H groups in total. The Morgan fingerprint density at radius 1 is 1.08 bits per heavy atom. The van der Waals surface area contributed by atoms with Crippen molar-refractivity contribution in [3.63, 3.8) is 0 Å². The van der Waals surface area contributed by atoms with Gasteiger partial charge in [0.05, 0.1) is 18.1 Å². The van der Waals surface area contributed by atoms with Crippen LogP contribution in [-0.4, -0.2) is 42.3 Å². The van der Waals surface area contributed by atoms with Crippen molar-refractivity contribution in [2.45, 2.75) is 92.2 Å². The molecule has 1 aromatic carbocycles. The maximum absolute atomic E-state index is 12.9. The van der Waals surface area contributed by atoms with Crippen molar-refractivity contribution in [2.75, 3.05) is 13.7 Å². The molecule has 2 atom stereocenters. The minimum atomic E-state index is -1.09. The molecular formula is C29H43NO5S. The van der Waals surface area contributed by atoms with Crippen molar-refractivity contribution in [3.05, 3.63) is 50.7 Å². The SMILES string of the molecule is CCC(CCc1ccc(OCC(O)C(C)(C)C)c(C)c1)c1cc(C)c(C(=O)NC(C)(C)C(=O)OC)s1. The number of hydrogen-bond acceptors (Lipinski definition) is 6. The highest BCUT2D eigenvalue weighted by atomic mass is 32.1. The van der Waals surface area contributed by atoms with E-state index in [1.807, 2.05) is 40.7 Å². The van der Waals surface area contributed by atoms with Crippen LogP contribution in [0.3, 0.4) is 0 Å². The van der Waals surface area contributed by atoms with Crippen LogP contribution in [0.5, 0.6) is 5.75 Å². The molecule has 0 radical (unpaired) electrons. The summed E-state index contributed by atoms with van der Waals surface area (Å²) in [5.41, 5.74) is 1.90. The monoisotopic (exact) mass is 517 g/mol. The third-order valence-corrected chi connectivity index (χ3v) is 7.98. The molecule has 36 heavy (non-hydrogen) atoms. The van der Waals surface area contributed by atoms with Gasteiger partial charge >= 0.3 is 5.97 Å². The molecule has 0 fully saturated rings. The summed E-state index contributed by atoms with van der Waals surface area (Å²) < 4.78 is 10.7. The van der Waals surface area contributed by atoms with Crippen LogP contribution in [0.25, 0.3) is 0 Å². The Kier molecular flexibility index (Phi) is 10.1. The van der Waals surface area contributed by atoms with Gasteiger partial charge in [0.1, 0.15) is 17.9 Å². The van der Waals surface area contributed by atoms with Gasteiger partial charge in [0.15, 0.2) is 0 Å². The highest BCUT2D eigenvalue weighted by Crippen LogP contribution is 2.34. The van der Waals surface area contributed by atoms with E-state index >= 15 is 0 Å². The number of amides is 1. The highest BCUT2D eigenvalue weighted by Gasteiger charge is 2.32. The van der Waals surface area contributed by atoms with Gasteiger partial charge in [0, 0.05) is 4.88 Å². The van der Waals surface area contributed by atoms with Gasteiger partial charge in [-0.1, -0.05) is 39.8 Å². The predicted octanol–water partition coefficient (Wildman–Crippen LogP) is 5.96. The van der Waals surface area contributed by atoms with Gasteiger partial charge in [-0.2, -0.15) is 0 Å². The molecule has 1 amide bonds. The largest absolute Gasteiger partial charge is 0.491 e. The van der Waals surface area contributed by atoms with Gasteiger partial charge in [0.25, 0.3) is 5.91 Å². The molecule has 0 spiro atoms. The first-order valence-corrected chi connectivity index (χ1v) is 13.4. The summed E-state index contributed by atoms with van der Waals surface area (Å²) in [7, 11) is 1.32. The van der Waals surface area contributed by atoms with E-state index in [1.165, 1.54) is 28.9 Å². The van der Waals surface area contributed by atoms with Gasteiger partial charge in [-0.3, -0.25) is 4.79 Å². The molecule has 2 unspecified atom stereocenters. The van der Waals surface area contributed by atoms with Crippen LogP contribution < -0.4 is 10.1 Å². The Bertz CT molecular complexity index is 1050. The minimum absolute atomic E-state index is 0.221. The molecule has 0 saturated carbocycles. The highest BCUT2D eigenvalue weighted by molar-refractivity contribution is 7.14. The normalized spacial score (nSPS) is 13.7. The van der Waals surface area contributed by atoms with Crippen LogP contribution in [0.2, 0.25) is 0 Å². The molecule has 200 valence electrons. The van der Waals surface area contributed by atoms with E-state index in [1.54, 1.807) is 13.8 Å². The van der Waals surface area contributed by atoms with Crippen molar-refractivity contribution in [3.8, 4) is 5.75 Å². The van der Waals surface area contributed by atoms with Crippen molar-refractivity contribution >= 4 is 23.2 Å². The number of aryl methyl sites for hydroxylation is 3. The molecule has 6 nitrogen and oxygen atoms in total. The van der Waals surface area contributed by atoms with Crippen LogP contribution in [0.4, 0.5) is 0 Å². The van der Waals surface area contributed by atoms with E-state index in [-0.39, 0.29) is 17.9 Å². The van der Waals surface area contributed by atoms with Gasteiger partial charge in [0.2, 0.25) is 0 Å². The molecular weight excluding hydrogens is 474 g/mol. The van der Waals surface area contributed by atoms with Gasteiger partial charge in [-0.15, -0.1) is 11.3 Å². The van der Waals surface area contributed by atoms with Crippen LogP contribution in [0.15, 0.2) is 24.3 Å². The number of methoxy groups -OCH3 is 1. The Morgan fingerprint density at radius 3 is 2.31 bits per heavy atom. The lowest BCUT2D eigenvalue weighted by molar-refractivity contribution is -0.146. The van der Waals surface area contributed by atoms with E-state index < -0.39 is 17.6 Å². The Labute approximate surface area is 220 Å². The van der Waals surface area contributed by atoms with E-state index in [0.29, 0.717) is 10.8 Å². The lowest BCUT2D eigenvalue weighted by atomic mass is 9.90. The molecule has 0 saturated heterocycles. The van der Waals surface area contributed by atoms with Crippen LogP contribution >= 0.6 is 11.3 Å². The summed E-state index contributed by atoms with van der Waals surface area (Å²) in [4.78, 5) is 26.7. The third-order valence-electron chi connectivity index (χ3n) is 6.58. The molecule has 2 rings (SSSR count). The number of aliphatic hydroxyl groups is 1. The number of hydrogen-bond donors (Lipinski definition) is 2. The number of esters is 1. The third kappa shape index (κ3) is 7.81. The molecule has 1 heterocycles. The lowest BCUT2D eigenvalue weighted by Gasteiger charge is -2.26. The maximum Gasteiger partial charge on any atom is 0.330 e. The quantitative estimate of drug-likeness (QED) is 0.359. The van der Waals surface area contributed by atoms with E-state index in [0.717, 1.165) is 36.1 Å². The minimum Gasteiger partial charge on any atom is -0.491 e. The fraction of sp³-hybridized carbons (Fsp3) is 0.586. The van der Waals surface area contributed by atoms with Crippen LogP contribution in [0.1, 0.15) is 91.5 Å². The number of nitrogens with one attached hydrogen (secondary N) is 1. The molecule has 0 aliphatic rings. The molecule has 7 heteroatoms. The second-order valence-corrected chi connectivity index (χ2v) is 12.3. The molecule has 0 aliphatic heterocycles. The number of rotatable bonds is 11. The number of carbonyl (C=O) groups is 2. The Balaban J connectivity index is 2.05.